The third kappa shape index (κ3) is 3.94. The number of alkyl halides is 3. The van der Waals surface area contributed by atoms with Gasteiger partial charge >= 0.3 is 6.18 Å². The maximum Gasteiger partial charge on any atom is 0.416 e. The molecule has 1 aliphatic rings. The topological polar surface area (TPSA) is 58.6 Å². The Bertz CT molecular complexity index is 1190. The van der Waals surface area contributed by atoms with Crippen LogP contribution < -0.4 is 15.0 Å². The van der Waals surface area contributed by atoms with E-state index in [-0.39, 0.29) is 17.0 Å². The average molecular weight is 438 g/mol. The van der Waals surface area contributed by atoms with Crippen molar-refractivity contribution >= 4 is 28.8 Å². The van der Waals surface area contributed by atoms with Gasteiger partial charge in [-0.1, -0.05) is 30.3 Å². The molecule has 0 bridgehead atoms. The summed E-state index contributed by atoms with van der Waals surface area (Å²) in [6.07, 6.45) is -4.52. The minimum absolute atomic E-state index is 0.0336. The van der Waals surface area contributed by atoms with Crippen molar-refractivity contribution in [3.8, 4) is 5.75 Å². The number of rotatable bonds is 5. The van der Waals surface area contributed by atoms with Gasteiger partial charge in [-0.15, -0.1) is 0 Å². The second kappa shape index (κ2) is 8.22. The van der Waals surface area contributed by atoms with Crippen LogP contribution in [-0.4, -0.2) is 18.9 Å². The van der Waals surface area contributed by atoms with Crippen molar-refractivity contribution in [3.05, 3.63) is 95.7 Å². The molecule has 5 nitrogen and oxygen atoms in total. The van der Waals surface area contributed by atoms with Gasteiger partial charge in [0.25, 0.3) is 11.8 Å². The first-order chi connectivity index (χ1) is 15.3. The lowest BCUT2D eigenvalue weighted by Gasteiger charge is -2.16. The summed E-state index contributed by atoms with van der Waals surface area (Å²) in [6.45, 7) is 0. The summed E-state index contributed by atoms with van der Waals surface area (Å²) in [5, 5.41) is 2.99. The predicted molar refractivity (Wildman–Crippen MR) is 114 cm³/mol. The standard InChI is InChI=1S/C24H17F3N2O3/c1-32-19-13-9-17(10-14-19)28-21-20(15-5-3-2-4-6-15)22(30)29(23(21)31)18-11-7-16(8-12-18)24(25,26)27/h2-14,28H,1H3. The van der Waals surface area contributed by atoms with E-state index in [0.29, 0.717) is 17.0 Å². The number of carbonyl (C=O) groups is 2. The molecule has 2 amide bonds. The fourth-order valence-electron chi connectivity index (χ4n) is 3.37. The van der Waals surface area contributed by atoms with Crippen LogP contribution in [0.5, 0.6) is 5.75 Å². The first-order valence-corrected chi connectivity index (χ1v) is 9.56. The van der Waals surface area contributed by atoms with Crippen LogP contribution in [0.25, 0.3) is 5.57 Å². The number of methoxy groups -OCH3 is 1. The van der Waals surface area contributed by atoms with E-state index in [0.717, 1.165) is 29.2 Å². The van der Waals surface area contributed by atoms with Gasteiger partial charge in [-0.2, -0.15) is 13.2 Å². The lowest BCUT2D eigenvalue weighted by Crippen LogP contribution is -2.32. The summed E-state index contributed by atoms with van der Waals surface area (Å²) in [6, 6.07) is 19.3. The number of hydrogen-bond donors (Lipinski definition) is 1. The normalized spacial score (nSPS) is 14.2. The first-order valence-electron chi connectivity index (χ1n) is 9.56. The molecule has 0 aromatic heterocycles. The zero-order valence-electron chi connectivity index (χ0n) is 16.8. The summed E-state index contributed by atoms with van der Waals surface area (Å²) in [5.41, 5.74) is 0.402. The molecule has 8 heteroatoms. The average Bonchev–Trinajstić information content (AvgIpc) is 3.03. The second-order valence-electron chi connectivity index (χ2n) is 6.96. The van der Waals surface area contributed by atoms with E-state index in [1.165, 1.54) is 7.11 Å². The van der Waals surface area contributed by atoms with Gasteiger partial charge in [-0.25, -0.2) is 4.90 Å². The molecule has 1 N–H and O–H groups in total. The largest absolute Gasteiger partial charge is 0.497 e. The number of imide groups is 1. The third-order valence-electron chi connectivity index (χ3n) is 4.96. The fraction of sp³-hybridized carbons (Fsp3) is 0.0833. The molecular formula is C24H17F3N2O3. The first kappa shape index (κ1) is 21.2. The van der Waals surface area contributed by atoms with E-state index in [4.69, 9.17) is 4.74 Å². The number of nitrogens with one attached hydrogen (secondary N) is 1. The number of carbonyl (C=O) groups excluding carboxylic acids is 2. The van der Waals surface area contributed by atoms with E-state index in [2.05, 4.69) is 5.32 Å². The smallest absolute Gasteiger partial charge is 0.416 e. The molecule has 0 spiro atoms. The minimum Gasteiger partial charge on any atom is -0.497 e. The van der Waals surface area contributed by atoms with Gasteiger partial charge in [-0.05, 0) is 54.1 Å². The quantitative estimate of drug-likeness (QED) is 0.563. The lowest BCUT2D eigenvalue weighted by molar-refractivity contribution is -0.137. The van der Waals surface area contributed by atoms with Gasteiger partial charge in [0.1, 0.15) is 11.4 Å². The number of hydrogen-bond acceptors (Lipinski definition) is 4. The maximum atomic E-state index is 13.3. The number of ether oxygens (including phenoxy) is 1. The van der Waals surface area contributed by atoms with Crippen LogP contribution in [-0.2, 0) is 15.8 Å². The SMILES string of the molecule is COc1ccc(NC2=C(c3ccccc3)C(=O)N(c3ccc(C(F)(F)F)cc3)C2=O)cc1. The monoisotopic (exact) mass is 438 g/mol. The molecule has 0 aliphatic carbocycles. The number of amides is 2. The van der Waals surface area contributed by atoms with E-state index in [1.807, 2.05) is 0 Å². The van der Waals surface area contributed by atoms with E-state index in [9.17, 15) is 22.8 Å². The van der Waals surface area contributed by atoms with Crippen LogP contribution in [0, 0.1) is 0 Å². The Morgan fingerprint density at radius 2 is 1.44 bits per heavy atom. The Morgan fingerprint density at radius 1 is 0.812 bits per heavy atom. The summed E-state index contributed by atoms with van der Waals surface area (Å²) in [7, 11) is 1.53. The van der Waals surface area contributed by atoms with Gasteiger partial charge in [0.15, 0.2) is 0 Å². The van der Waals surface area contributed by atoms with Crippen LogP contribution in [0.1, 0.15) is 11.1 Å². The molecule has 1 aliphatic heterocycles. The highest BCUT2D eigenvalue weighted by molar-refractivity contribution is 6.46. The predicted octanol–water partition coefficient (Wildman–Crippen LogP) is 5.11. The van der Waals surface area contributed by atoms with E-state index < -0.39 is 23.6 Å². The number of benzene rings is 3. The molecule has 0 radical (unpaired) electrons. The molecule has 3 aromatic carbocycles. The molecule has 0 atom stereocenters. The Morgan fingerprint density at radius 3 is 2.00 bits per heavy atom. The molecule has 1 heterocycles. The molecule has 162 valence electrons. The molecule has 4 rings (SSSR count). The summed E-state index contributed by atoms with van der Waals surface area (Å²) in [4.78, 5) is 27.4. The van der Waals surface area contributed by atoms with Crippen LogP contribution in [0.3, 0.4) is 0 Å². The van der Waals surface area contributed by atoms with Gasteiger partial charge in [0.2, 0.25) is 0 Å². The molecule has 0 unspecified atom stereocenters. The number of nitrogens with zero attached hydrogens (tertiary/aromatic N) is 1. The molecule has 32 heavy (non-hydrogen) atoms. The van der Waals surface area contributed by atoms with Gasteiger partial charge in [-0.3, -0.25) is 9.59 Å². The van der Waals surface area contributed by atoms with Crippen LogP contribution in [0.15, 0.2) is 84.6 Å². The zero-order chi connectivity index (χ0) is 22.9. The van der Waals surface area contributed by atoms with Crippen molar-refractivity contribution < 1.29 is 27.5 Å². The van der Waals surface area contributed by atoms with Gasteiger partial charge < -0.3 is 10.1 Å². The van der Waals surface area contributed by atoms with Crippen molar-refractivity contribution in [2.45, 2.75) is 6.18 Å². The second-order valence-corrected chi connectivity index (χ2v) is 6.96. The molecule has 0 saturated heterocycles. The highest BCUT2D eigenvalue weighted by atomic mass is 19.4. The van der Waals surface area contributed by atoms with Crippen molar-refractivity contribution in [1.29, 1.82) is 0 Å². The number of anilines is 2. The van der Waals surface area contributed by atoms with E-state index in [1.54, 1.807) is 54.6 Å². The Balaban J connectivity index is 1.74. The Hall–Kier alpha value is -4.07. The van der Waals surface area contributed by atoms with Crippen molar-refractivity contribution in [2.75, 3.05) is 17.3 Å². The molecular weight excluding hydrogens is 421 g/mol. The third-order valence-corrected chi connectivity index (χ3v) is 4.96. The maximum absolute atomic E-state index is 13.3. The van der Waals surface area contributed by atoms with Crippen LogP contribution in [0.2, 0.25) is 0 Å². The highest BCUT2D eigenvalue weighted by Crippen LogP contribution is 2.36. The molecule has 0 fully saturated rings. The lowest BCUT2D eigenvalue weighted by atomic mass is 10.0. The highest BCUT2D eigenvalue weighted by Gasteiger charge is 2.40. The van der Waals surface area contributed by atoms with E-state index >= 15 is 0 Å². The van der Waals surface area contributed by atoms with Crippen molar-refractivity contribution in [3.63, 3.8) is 0 Å². The Kier molecular flexibility index (Phi) is 5.44. The van der Waals surface area contributed by atoms with Gasteiger partial charge in [0, 0.05) is 5.69 Å². The fourth-order valence-corrected chi connectivity index (χ4v) is 3.37. The van der Waals surface area contributed by atoms with Crippen molar-refractivity contribution in [2.24, 2.45) is 0 Å². The van der Waals surface area contributed by atoms with Crippen LogP contribution >= 0.6 is 0 Å². The van der Waals surface area contributed by atoms with Crippen molar-refractivity contribution in [1.82, 2.24) is 0 Å². The zero-order valence-corrected chi connectivity index (χ0v) is 16.8. The molecule has 0 saturated carbocycles. The molecule has 3 aromatic rings. The summed E-state index contributed by atoms with van der Waals surface area (Å²) >= 11 is 0. The summed E-state index contributed by atoms with van der Waals surface area (Å²) in [5.74, 6) is -0.672. The summed E-state index contributed by atoms with van der Waals surface area (Å²) < 4.78 is 43.9. The Labute approximate surface area is 181 Å². The van der Waals surface area contributed by atoms with Crippen LogP contribution in [0.4, 0.5) is 24.5 Å². The number of halogens is 3. The van der Waals surface area contributed by atoms with Gasteiger partial charge in [0.05, 0.1) is 23.9 Å². The minimum atomic E-state index is -4.52.